The molecule has 184 valence electrons. The first-order valence-electron chi connectivity index (χ1n) is 12.6. The molecule has 0 aliphatic heterocycles. The fourth-order valence-electron chi connectivity index (χ4n) is 5.80. The molecule has 0 heterocycles. The Morgan fingerprint density at radius 1 is 0.943 bits per heavy atom. The van der Waals surface area contributed by atoms with Gasteiger partial charge in [-0.2, -0.15) is 0 Å². The summed E-state index contributed by atoms with van der Waals surface area (Å²) in [7, 11) is 0. The predicted octanol–water partition coefficient (Wildman–Crippen LogP) is 4.60. The van der Waals surface area contributed by atoms with Gasteiger partial charge in [-0.3, -0.25) is 9.59 Å². The minimum absolute atomic E-state index is 0.00467. The largest absolute Gasteiger partial charge is 0.481 e. The Morgan fingerprint density at radius 3 is 2.20 bits per heavy atom. The van der Waals surface area contributed by atoms with Crippen LogP contribution in [0.2, 0.25) is 0 Å². The molecule has 5 rings (SSSR count). The number of carboxylic acids is 1. The van der Waals surface area contributed by atoms with Gasteiger partial charge in [-0.15, -0.1) is 0 Å². The molecular formula is C28H32N2O5. The molecule has 2 atom stereocenters. The third-order valence-electron chi connectivity index (χ3n) is 7.75. The van der Waals surface area contributed by atoms with Crippen molar-refractivity contribution in [2.24, 2.45) is 5.92 Å². The molecule has 2 unspecified atom stereocenters. The van der Waals surface area contributed by atoms with Gasteiger partial charge >= 0.3 is 12.1 Å². The van der Waals surface area contributed by atoms with Crippen LogP contribution in [-0.4, -0.2) is 41.3 Å². The van der Waals surface area contributed by atoms with Gasteiger partial charge in [0, 0.05) is 18.4 Å². The highest BCUT2D eigenvalue weighted by molar-refractivity contribution is 5.80. The molecule has 3 N–H and O–H groups in total. The van der Waals surface area contributed by atoms with Crippen LogP contribution in [0.5, 0.6) is 0 Å². The lowest BCUT2D eigenvalue weighted by Gasteiger charge is -2.32. The Hall–Kier alpha value is -3.35. The van der Waals surface area contributed by atoms with Gasteiger partial charge in [-0.25, -0.2) is 4.79 Å². The first kappa shape index (κ1) is 23.4. The summed E-state index contributed by atoms with van der Waals surface area (Å²) >= 11 is 0. The summed E-state index contributed by atoms with van der Waals surface area (Å²) in [6.07, 6.45) is 4.88. The molecule has 7 heteroatoms. The molecule has 2 amide bonds. The van der Waals surface area contributed by atoms with Crippen molar-refractivity contribution in [2.45, 2.75) is 68.9 Å². The third kappa shape index (κ3) is 5.19. The molecule has 3 aliphatic rings. The van der Waals surface area contributed by atoms with E-state index in [4.69, 9.17) is 9.84 Å². The quantitative estimate of drug-likeness (QED) is 0.517. The standard InChI is InChI=1S/C28H32N2O5/c31-25(30-28(13-14-28)16-26(32)33)15-18-7-1-6-12-24(18)29-27(34)35-17-23-21-10-4-2-8-19(21)20-9-3-5-11-22(20)23/h2-5,8-11,18,23-24H,1,6-7,12-17H2,(H,29,34)(H,30,31)(H,32,33). The molecular weight excluding hydrogens is 444 g/mol. The van der Waals surface area contributed by atoms with Crippen molar-refractivity contribution in [3.8, 4) is 11.1 Å². The molecule has 0 radical (unpaired) electrons. The van der Waals surface area contributed by atoms with Crippen LogP contribution in [0.1, 0.15) is 68.4 Å². The highest BCUT2D eigenvalue weighted by Gasteiger charge is 2.46. The van der Waals surface area contributed by atoms with Gasteiger partial charge in [0.15, 0.2) is 0 Å². The normalized spacial score (nSPS) is 21.9. The van der Waals surface area contributed by atoms with E-state index in [0.717, 1.165) is 25.7 Å². The van der Waals surface area contributed by atoms with Crippen molar-refractivity contribution in [1.82, 2.24) is 10.6 Å². The lowest BCUT2D eigenvalue weighted by Crippen LogP contribution is -2.46. The van der Waals surface area contributed by atoms with Gasteiger partial charge in [-0.05, 0) is 53.9 Å². The van der Waals surface area contributed by atoms with Crippen LogP contribution in [0.25, 0.3) is 11.1 Å². The number of carbonyl (C=O) groups excluding carboxylic acids is 2. The van der Waals surface area contributed by atoms with Crippen molar-refractivity contribution in [3.05, 3.63) is 59.7 Å². The number of alkyl carbamates (subject to hydrolysis) is 1. The second-order valence-corrected chi connectivity index (χ2v) is 10.2. The van der Waals surface area contributed by atoms with Crippen LogP contribution in [0.3, 0.4) is 0 Å². The van der Waals surface area contributed by atoms with Crippen LogP contribution in [0.4, 0.5) is 4.79 Å². The predicted molar refractivity (Wildman–Crippen MR) is 131 cm³/mol. The summed E-state index contributed by atoms with van der Waals surface area (Å²) in [6.45, 7) is 0.259. The first-order chi connectivity index (χ1) is 16.9. The Balaban J connectivity index is 1.17. The average Bonchev–Trinajstić information content (AvgIpc) is 3.50. The summed E-state index contributed by atoms with van der Waals surface area (Å²) < 4.78 is 5.71. The van der Waals surface area contributed by atoms with E-state index in [0.29, 0.717) is 12.8 Å². The van der Waals surface area contributed by atoms with Gasteiger partial charge in [-0.1, -0.05) is 61.4 Å². The summed E-state index contributed by atoms with van der Waals surface area (Å²) in [4.78, 5) is 36.5. The van der Waals surface area contributed by atoms with Gasteiger partial charge in [0.25, 0.3) is 0 Å². The summed E-state index contributed by atoms with van der Waals surface area (Å²) in [5.41, 5.74) is 4.14. The minimum Gasteiger partial charge on any atom is -0.481 e. The van der Waals surface area contributed by atoms with Crippen molar-refractivity contribution < 1.29 is 24.2 Å². The number of hydrogen-bond donors (Lipinski definition) is 3. The number of fused-ring (bicyclic) bond motifs is 3. The summed E-state index contributed by atoms with van der Waals surface area (Å²) in [5, 5.41) is 15.0. The summed E-state index contributed by atoms with van der Waals surface area (Å²) in [6, 6.07) is 16.3. The van der Waals surface area contributed by atoms with E-state index in [9.17, 15) is 14.4 Å². The first-order valence-corrected chi connectivity index (χ1v) is 12.6. The maximum atomic E-state index is 12.8. The van der Waals surface area contributed by atoms with Crippen molar-refractivity contribution in [1.29, 1.82) is 0 Å². The Morgan fingerprint density at radius 2 is 1.57 bits per heavy atom. The van der Waals surface area contributed by atoms with Crippen molar-refractivity contribution in [2.75, 3.05) is 6.61 Å². The Labute approximate surface area is 205 Å². The van der Waals surface area contributed by atoms with E-state index < -0.39 is 17.6 Å². The topological polar surface area (TPSA) is 105 Å². The number of nitrogens with one attached hydrogen (secondary N) is 2. The van der Waals surface area contributed by atoms with Crippen LogP contribution >= 0.6 is 0 Å². The zero-order chi connectivity index (χ0) is 24.4. The fourth-order valence-corrected chi connectivity index (χ4v) is 5.80. The number of aliphatic carboxylic acids is 1. The van der Waals surface area contributed by atoms with E-state index in [1.165, 1.54) is 22.3 Å². The lowest BCUT2D eigenvalue weighted by molar-refractivity contribution is -0.138. The molecule has 35 heavy (non-hydrogen) atoms. The molecule has 0 spiro atoms. The third-order valence-corrected chi connectivity index (χ3v) is 7.75. The lowest BCUT2D eigenvalue weighted by atomic mass is 9.82. The zero-order valence-electron chi connectivity index (χ0n) is 19.8. The highest BCUT2D eigenvalue weighted by atomic mass is 16.5. The molecule has 7 nitrogen and oxygen atoms in total. The number of rotatable bonds is 8. The number of carbonyl (C=O) groups is 3. The number of carboxylic acid groups (broad SMARTS) is 1. The van der Waals surface area contributed by atoms with Crippen molar-refractivity contribution >= 4 is 18.0 Å². The van der Waals surface area contributed by atoms with E-state index >= 15 is 0 Å². The van der Waals surface area contributed by atoms with E-state index in [2.05, 4.69) is 34.9 Å². The van der Waals surface area contributed by atoms with Crippen LogP contribution in [0.15, 0.2) is 48.5 Å². The molecule has 3 aliphatic carbocycles. The van der Waals surface area contributed by atoms with Gasteiger partial charge < -0.3 is 20.5 Å². The SMILES string of the molecule is O=C(O)CC1(NC(=O)CC2CCCCC2NC(=O)OCC2c3ccccc3-c3ccccc32)CC1. The van der Waals surface area contributed by atoms with Crippen LogP contribution in [-0.2, 0) is 14.3 Å². The van der Waals surface area contributed by atoms with Gasteiger partial charge in [0.1, 0.15) is 6.61 Å². The minimum atomic E-state index is -0.893. The molecule has 2 aromatic carbocycles. The molecule has 0 bridgehead atoms. The van der Waals surface area contributed by atoms with Crippen LogP contribution in [0, 0.1) is 5.92 Å². The Bertz CT molecular complexity index is 1080. The molecule has 2 aromatic rings. The number of amides is 2. The molecule has 0 aromatic heterocycles. The number of benzene rings is 2. The fraction of sp³-hybridized carbons (Fsp3) is 0.464. The van der Waals surface area contributed by atoms with Crippen LogP contribution < -0.4 is 10.6 Å². The summed E-state index contributed by atoms with van der Waals surface area (Å²) in [5.74, 6) is -1.000. The maximum Gasteiger partial charge on any atom is 0.407 e. The van der Waals surface area contributed by atoms with E-state index in [1.54, 1.807) is 0 Å². The van der Waals surface area contributed by atoms with Gasteiger partial charge in [0.05, 0.1) is 12.0 Å². The maximum absolute atomic E-state index is 12.8. The number of ether oxygens (including phenoxy) is 1. The molecule has 2 fully saturated rings. The number of hydrogen-bond acceptors (Lipinski definition) is 4. The second-order valence-electron chi connectivity index (χ2n) is 10.2. The Kier molecular flexibility index (Phi) is 6.50. The highest BCUT2D eigenvalue weighted by Crippen LogP contribution is 2.44. The molecule has 0 saturated heterocycles. The van der Waals surface area contributed by atoms with Gasteiger partial charge in [0.2, 0.25) is 5.91 Å². The second kappa shape index (κ2) is 9.72. The zero-order valence-corrected chi connectivity index (χ0v) is 19.8. The average molecular weight is 477 g/mol. The van der Waals surface area contributed by atoms with Crippen molar-refractivity contribution in [3.63, 3.8) is 0 Å². The monoisotopic (exact) mass is 476 g/mol. The smallest absolute Gasteiger partial charge is 0.407 e. The van der Waals surface area contributed by atoms with E-state index in [-0.39, 0.29) is 43.2 Å². The molecule has 2 saturated carbocycles. The van der Waals surface area contributed by atoms with E-state index in [1.807, 2.05) is 24.3 Å².